The zero-order chi connectivity index (χ0) is 17.6. The normalized spacial score (nSPS) is 17.7. The first-order chi connectivity index (χ1) is 12.2. The Hall–Kier alpha value is -1.85. The van der Waals surface area contributed by atoms with E-state index in [0.29, 0.717) is 16.5 Å². The van der Waals surface area contributed by atoms with Gasteiger partial charge in [-0.25, -0.2) is 4.68 Å². The predicted octanol–water partition coefficient (Wildman–Crippen LogP) is 3.80. The number of carbonyl (C=O) groups is 1. The molecule has 1 saturated heterocycles. The number of hydrogen-bond donors (Lipinski definition) is 0. The number of halogens is 1. The molecule has 0 N–H and O–H groups in total. The standard InChI is InChI=1S/C19H24ClN3O2/c1-25-12-3-6-15-5-2-10-22(14-15)19(24)17-13-16(7-8-18(17)20)23-11-4-9-21-23/h4,7-9,11,13,15H,2-3,5-6,10,12,14H2,1H3. The average molecular weight is 362 g/mol. The lowest BCUT2D eigenvalue weighted by Crippen LogP contribution is -2.40. The molecule has 5 nitrogen and oxygen atoms in total. The van der Waals surface area contributed by atoms with E-state index < -0.39 is 0 Å². The molecule has 0 spiro atoms. The summed E-state index contributed by atoms with van der Waals surface area (Å²) in [7, 11) is 1.73. The van der Waals surface area contributed by atoms with Crippen LogP contribution >= 0.6 is 11.6 Å². The van der Waals surface area contributed by atoms with Gasteiger partial charge in [0.1, 0.15) is 0 Å². The Labute approximate surface area is 153 Å². The molecule has 0 radical (unpaired) electrons. The highest BCUT2D eigenvalue weighted by Crippen LogP contribution is 2.26. The van der Waals surface area contributed by atoms with Crippen LogP contribution in [-0.4, -0.2) is 47.4 Å². The quantitative estimate of drug-likeness (QED) is 0.735. The topological polar surface area (TPSA) is 47.4 Å². The van der Waals surface area contributed by atoms with E-state index in [1.54, 1.807) is 24.1 Å². The van der Waals surface area contributed by atoms with Crippen molar-refractivity contribution in [3.63, 3.8) is 0 Å². The Kier molecular flexibility index (Phi) is 6.10. The third-order valence-electron chi connectivity index (χ3n) is 4.72. The fourth-order valence-electron chi connectivity index (χ4n) is 3.41. The van der Waals surface area contributed by atoms with Crippen LogP contribution in [0.15, 0.2) is 36.7 Å². The molecule has 2 heterocycles. The van der Waals surface area contributed by atoms with Crippen molar-refractivity contribution in [3.05, 3.63) is 47.2 Å². The molecule has 1 unspecified atom stereocenters. The van der Waals surface area contributed by atoms with Crippen molar-refractivity contribution in [2.75, 3.05) is 26.8 Å². The van der Waals surface area contributed by atoms with E-state index in [9.17, 15) is 4.79 Å². The largest absolute Gasteiger partial charge is 0.385 e. The highest BCUT2D eigenvalue weighted by molar-refractivity contribution is 6.33. The second-order valence-electron chi connectivity index (χ2n) is 6.51. The maximum absolute atomic E-state index is 13.0. The number of likely N-dealkylation sites (tertiary alicyclic amines) is 1. The number of hydrogen-bond acceptors (Lipinski definition) is 3. The van der Waals surface area contributed by atoms with E-state index in [1.807, 2.05) is 29.3 Å². The number of ether oxygens (including phenoxy) is 1. The first-order valence-electron chi connectivity index (χ1n) is 8.77. The van der Waals surface area contributed by atoms with E-state index in [1.165, 1.54) is 6.42 Å². The van der Waals surface area contributed by atoms with Crippen molar-refractivity contribution in [1.82, 2.24) is 14.7 Å². The first-order valence-corrected chi connectivity index (χ1v) is 9.14. The molecular weight excluding hydrogens is 338 g/mol. The summed E-state index contributed by atoms with van der Waals surface area (Å²) in [6.07, 6.45) is 7.92. The van der Waals surface area contributed by atoms with Crippen LogP contribution in [0.1, 0.15) is 36.0 Å². The van der Waals surface area contributed by atoms with Crippen LogP contribution in [0.5, 0.6) is 0 Å². The number of carbonyl (C=O) groups excluding carboxylic acids is 1. The molecule has 1 fully saturated rings. The van der Waals surface area contributed by atoms with Crippen LogP contribution in [0.3, 0.4) is 0 Å². The Morgan fingerprint density at radius 1 is 1.44 bits per heavy atom. The lowest BCUT2D eigenvalue weighted by atomic mass is 9.93. The van der Waals surface area contributed by atoms with Gasteiger partial charge in [-0.15, -0.1) is 0 Å². The van der Waals surface area contributed by atoms with E-state index in [0.717, 1.165) is 44.6 Å². The van der Waals surface area contributed by atoms with Crippen LogP contribution in [0.25, 0.3) is 5.69 Å². The summed E-state index contributed by atoms with van der Waals surface area (Å²) in [4.78, 5) is 14.9. The maximum Gasteiger partial charge on any atom is 0.255 e. The Morgan fingerprint density at radius 2 is 2.32 bits per heavy atom. The van der Waals surface area contributed by atoms with Crippen molar-refractivity contribution in [2.45, 2.75) is 25.7 Å². The molecule has 0 saturated carbocycles. The van der Waals surface area contributed by atoms with Crippen LogP contribution in [0.4, 0.5) is 0 Å². The van der Waals surface area contributed by atoms with E-state index >= 15 is 0 Å². The highest BCUT2D eigenvalue weighted by Gasteiger charge is 2.25. The summed E-state index contributed by atoms with van der Waals surface area (Å²) in [6, 6.07) is 7.32. The van der Waals surface area contributed by atoms with Crippen LogP contribution in [-0.2, 0) is 4.74 Å². The smallest absolute Gasteiger partial charge is 0.255 e. The third-order valence-corrected chi connectivity index (χ3v) is 5.05. The van der Waals surface area contributed by atoms with Crippen molar-refractivity contribution in [2.24, 2.45) is 5.92 Å². The molecule has 6 heteroatoms. The number of benzene rings is 1. The number of aromatic nitrogens is 2. The molecule has 3 rings (SSSR count). The van der Waals surface area contributed by atoms with Gasteiger partial charge in [0.25, 0.3) is 5.91 Å². The van der Waals surface area contributed by atoms with Crippen molar-refractivity contribution >= 4 is 17.5 Å². The number of amides is 1. The molecule has 2 aromatic rings. The molecule has 1 amide bonds. The van der Waals surface area contributed by atoms with Gasteiger partial charge >= 0.3 is 0 Å². The molecule has 0 aliphatic carbocycles. The maximum atomic E-state index is 13.0. The SMILES string of the molecule is COCCCC1CCCN(C(=O)c2cc(-n3cccn3)ccc2Cl)C1. The molecule has 0 bridgehead atoms. The molecular formula is C19H24ClN3O2. The van der Waals surface area contributed by atoms with Gasteiger partial charge in [0.15, 0.2) is 0 Å². The summed E-state index contributed by atoms with van der Waals surface area (Å²) < 4.78 is 6.87. The first kappa shape index (κ1) is 18.0. The lowest BCUT2D eigenvalue weighted by Gasteiger charge is -2.33. The summed E-state index contributed by atoms with van der Waals surface area (Å²) in [5.41, 5.74) is 1.39. The summed E-state index contributed by atoms with van der Waals surface area (Å²) >= 11 is 6.32. The average Bonchev–Trinajstić information content (AvgIpc) is 3.17. The van der Waals surface area contributed by atoms with Crippen molar-refractivity contribution in [1.29, 1.82) is 0 Å². The third kappa shape index (κ3) is 4.41. The Balaban J connectivity index is 1.72. The number of piperidine rings is 1. The molecule has 134 valence electrons. The van der Waals surface area contributed by atoms with Crippen LogP contribution in [0, 0.1) is 5.92 Å². The van der Waals surface area contributed by atoms with Gasteiger partial charge in [-0.05, 0) is 55.9 Å². The second kappa shape index (κ2) is 8.50. The van der Waals surface area contributed by atoms with Gasteiger partial charge in [-0.2, -0.15) is 5.10 Å². The molecule has 1 aromatic carbocycles. The van der Waals surface area contributed by atoms with Crippen molar-refractivity contribution in [3.8, 4) is 5.69 Å². The second-order valence-corrected chi connectivity index (χ2v) is 6.92. The zero-order valence-electron chi connectivity index (χ0n) is 14.5. The van der Waals surface area contributed by atoms with Gasteiger partial charge in [-0.1, -0.05) is 11.6 Å². The zero-order valence-corrected chi connectivity index (χ0v) is 15.3. The highest BCUT2D eigenvalue weighted by atomic mass is 35.5. The monoisotopic (exact) mass is 361 g/mol. The van der Waals surface area contributed by atoms with Gasteiger partial charge in [0, 0.05) is 39.2 Å². The van der Waals surface area contributed by atoms with Gasteiger partial charge in [-0.3, -0.25) is 4.79 Å². The number of nitrogens with zero attached hydrogens (tertiary/aromatic N) is 3. The molecule has 1 aromatic heterocycles. The minimum absolute atomic E-state index is 0.00967. The molecule has 1 aliphatic rings. The predicted molar refractivity (Wildman–Crippen MR) is 98.3 cm³/mol. The Morgan fingerprint density at radius 3 is 3.08 bits per heavy atom. The Bertz CT molecular complexity index is 703. The van der Waals surface area contributed by atoms with Crippen LogP contribution in [0.2, 0.25) is 5.02 Å². The van der Waals surface area contributed by atoms with E-state index in [4.69, 9.17) is 16.3 Å². The van der Waals surface area contributed by atoms with E-state index in [2.05, 4.69) is 5.10 Å². The minimum atomic E-state index is 0.00967. The lowest BCUT2D eigenvalue weighted by molar-refractivity contribution is 0.0660. The molecule has 25 heavy (non-hydrogen) atoms. The fraction of sp³-hybridized carbons (Fsp3) is 0.474. The van der Waals surface area contributed by atoms with Gasteiger partial charge in [0.05, 0.1) is 16.3 Å². The summed E-state index contributed by atoms with van der Waals surface area (Å²) in [5.74, 6) is 0.552. The van der Waals surface area contributed by atoms with Crippen molar-refractivity contribution < 1.29 is 9.53 Å². The fourth-order valence-corrected chi connectivity index (χ4v) is 3.61. The summed E-state index contributed by atoms with van der Waals surface area (Å²) in [6.45, 7) is 2.37. The van der Waals surface area contributed by atoms with E-state index in [-0.39, 0.29) is 5.91 Å². The summed E-state index contributed by atoms with van der Waals surface area (Å²) in [5, 5.41) is 4.71. The minimum Gasteiger partial charge on any atom is -0.385 e. The van der Waals surface area contributed by atoms with Gasteiger partial charge < -0.3 is 9.64 Å². The van der Waals surface area contributed by atoms with Gasteiger partial charge in [0.2, 0.25) is 0 Å². The number of methoxy groups -OCH3 is 1. The molecule has 1 atom stereocenters. The molecule has 1 aliphatic heterocycles. The van der Waals surface area contributed by atoms with Crippen LogP contribution < -0.4 is 0 Å². The number of rotatable bonds is 6.